The number of carbonyl (C=O) groups is 1. The summed E-state index contributed by atoms with van der Waals surface area (Å²) in [4.78, 5) is 14.0. The van der Waals surface area contributed by atoms with Gasteiger partial charge in [0.15, 0.2) is 6.61 Å². The van der Waals surface area contributed by atoms with Gasteiger partial charge in [-0.05, 0) is 43.7 Å². The zero-order valence-electron chi connectivity index (χ0n) is 14.1. The lowest BCUT2D eigenvalue weighted by Gasteiger charge is -2.25. The molecular formula is C19H23NO3. The van der Waals surface area contributed by atoms with Gasteiger partial charge in [-0.3, -0.25) is 4.79 Å². The van der Waals surface area contributed by atoms with Gasteiger partial charge in [0.25, 0.3) is 5.91 Å². The molecule has 0 aliphatic heterocycles. The number of aryl methyl sites for hydroxylation is 1. The Balaban J connectivity index is 1.92. The average Bonchev–Trinajstić information content (AvgIpc) is 2.59. The zero-order valence-corrected chi connectivity index (χ0v) is 14.1. The summed E-state index contributed by atoms with van der Waals surface area (Å²) in [5.74, 6) is 1.35. The van der Waals surface area contributed by atoms with Gasteiger partial charge >= 0.3 is 0 Å². The summed E-state index contributed by atoms with van der Waals surface area (Å²) in [5.41, 5.74) is 2.31. The average molecular weight is 313 g/mol. The lowest BCUT2D eigenvalue weighted by molar-refractivity contribution is -0.134. The summed E-state index contributed by atoms with van der Waals surface area (Å²) in [5, 5.41) is 0. The fourth-order valence-electron chi connectivity index (χ4n) is 2.20. The molecule has 0 aliphatic carbocycles. The van der Waals surface area contributed by atoms with Crippen molar-refractivity contribution in [2.75, 3.05) is 20.8 Å². The zero-order chi connectivity index (χ0) is 16.8. The standard InChI is InChI=1S/C19H23NO3/c1-14-5-7-16(8-6-14)15(2)20(3)19(21)13-23-18-11-9-17(22-4)10-12-18/h5-12,15H,13H2,1-4H3. The van der Waals surface area contributed by atoms with Crippen LogP contribution >= 0.6 is 0 Å². The molecule has 1 amide bonds. The number of nitrogens with zero attached hydrogens (tertiary/aromatic N) is 1. The molecule has 0 saturated carbocycles. The lowest BCUT2D eigenvalue weighted by atomic mass is 10.1. The Kier molecular flexibility index (Phi) is 5.63. The van der Waals surface area contributed by atoms with Gasteiger partial charge in [-0.15, -0.1) is 0 Å². The Morgan fingerprint density at radius 3 is 2.17 bits per heavy atom. The molecule has 0 aromatic heterocycles. The highest BCUT2D eigenvalue weighted by Gasteiger charge is 2.17. The smallest absolute Gasteiger partial charge is 0.260 e. The largest absolute Gasteiger partial charge is 0.497 e. The Hall–Kier alpha value is -2.49. The molecule has 0 aliphatic rings. The number of amides is 1. The van der Waals surface area contributed by atoms with Crippen molar-refractivity contribution in [3.63, 3.8) is 0 Å². The molecule has 0 fully saturated rings. The minimum atomic E-state index is -0.0612. The molecule has 4 heteroatoms. The van der Waals surface area contributed by atoms with Crippen molar-refractivity contribution in [3.05, 3.63) is 59.7 Å². The summed E-state index contributed by atoms with van der Waals surface area (Å²) in [7, 11) is 3.41. The van der Waals surface area contributed by atoms with E-state index in [-0.39, 0.29) is 18.6 Å². The summed E-state index contributed by atoms with van der Waals surface area (Å²) < 4.78 is 10.6. The maximum atomic E-state index is 12.3. The number of carbonyl (C=O) groups excluding carboxylic acids is 1. The molecule has 0 radical (unpaired) electrons. The van der Waals surface area contributed by atoms with Crippen LogP contribution in [0.2, 0.25) is 0 Å². The maximum Gasteiger partial charge on any atom is 0.260 e. The predicted octanol–water partition coefficient (Wildman–Crippen LogP) is 3.60. The number of ether oxygens (including phenoxy) is 2. The number of rotatable bonds is 6. The highest BCUT2D eigenvalue weighted by atomic mass is 16.5. The van der Waals surface area contributed by atoms with E-state index in [1.54, 1.807) is 43.3 Å². The molecule has 2 rings (SSSR count). The monoisotopic (exact) mass is 313 g/mol. The van der Waals surface area contributed by atoms with Crippen LogP contribution in [0.1, 0.15) is 24.1 Å². The number of methoxy groups -OCH3 is 1. The van der Waals surface area contributed by atoms with Crippen LogP contribution in [0, 0.1) is 6.92 Å². The molecule has 0 spiro atoms. The van der Waals surface area contributed by atoms with E-state index in [4.69, 9.17) is 9.47 Å². The van der Waals surface area contributed by atoms with E-state index in [0.29, 0.717) is 5.75 Å². The highest BCUT2D eigenvalue weighted by Crippen LogP contribution is 2.20. The van der Waals surface area contributed by atoms with Gasteiger partial charge in [0, 0.05) is 7.05 Å². The Labute approximate surface area is 137 Å². The van der Waals surface area contributed by atoms with Crippen LogP contribution in [0.25, 0.3) is 0 Å². The fraction of sp³-hybridized carbons (Fsp3) is 0.316. The topological polar surface area (TPSA) is 38.8 Å². The first kappa shape index (κ1) is 16.9. The van der Waals surface area contributed by atoms with Crippen molar-refractivity contribution in [1.82, 2.24) is 4.90 Å². The van der Waals surface area contributed by atoms with Gasteiger partial charge in [0.2, 0.25) is 0 Å². The normalized spacial score (nSPS) is 11.7. The SMILES string of the molecule is COc1ccc(OCC(=O)N(C)C(C)c2ccc(C)cc2)cc1. The minimum Gasteiger partial charge on any atom is -0.497 e. The summed E-state index contributed by atoms with van der Waals surface area (Å²) in [6, 6.07) is 15.4. The Bertz CT molecular complexity index is 635. The van der Waals surface area contributed by atoms with Crippen LogP contribution in [0.4, 0.5) is 0 Å². The molecule has 0 saturated heterocycles. The second kappa shape index (κ2) is 7.68. The predicted molar refractivity (Wildman–Crippen MR) is 90.9 cm³/mol. The number of hydrogen-bond acceptors (Lipinski definition) is 3. The van der Waals surface area contributed by atoms with E-state index in [0.717, 1.165) is 11.3 Å². The van der Waals surface area contributed by atoms with E-state index in [2.05, 4.69) is 12.1 Å². The van der Waals surface area contributed by atoms with Gasteiger partial charge in [-0.1, -0.05) is 29.8 Å². The third-order valence-corrected chi connectivity index (χ3v) is 3.96. The van der Waals surface area contributed by atoms with Gasteiger partial charge in [0.05, 0.1) is 13.2 Å². The highest BCUT2D eigenvalue weighted by molar-refractivity contribution is 5.78. The van der Waals surface area contributed by atoms with Gasteiger partial charge < -0.3 is 14.4 Å². The molecule has 0 heterocycles. The van der Waals surface area contributed by atoms with Crippen LogP contribution < -0.4 is 9.47 Å². The third-order valence-electron chi connectivity index (χ3n) is 3.96. The van der Waals surface area contributed by atoms with Gasteiger partial charge in [-0.2, -0.15) is 0 Å². The first-order chi connectivity index (χ1) is 11.0. The molecule has 122 valence electrons. The number of hydrogen-bond donors (Lipinski definition) is 0. The second-order valence-corrected chi connectivity index (χ2v) is 5.56. The van der Waals surface area contributed by atoms with E-state index >= 15 is 0 Å². The van der Waals surface area contributed by atoms with Crippen molar-refractivity contribution in [1.29, 1.82) is 0 Å². The van der Waals surface area contributed by atoms with E-state index in [9.17, 15) is 4.79 Å². The van der Waals surface area contributed by atoms with E-state index in [1.807, 2.05) is 26.0 Å². The molecule has 2 aromatic rings. The fourth-order valence-corrected chi connectivity index (χ4v) is 2.20. The third kappa shape index (κ3) is 4.49. The molecule has 4 nitrogen and oxygen atoms in total. The van der Waals surface area contributed by atoms with Crippen LogP contribution in [0.5, 0.6) is 11.5 Å². The van der Waals surface area contributed by atoms with Gasteiger partial charge in [-0.25, -0.2) is 0 Å². The molecular weight excluding hydrogens is 290 g/mol. The molecule has 1 unspecified atom stereocenters. The van der Waals surface area contributed by atoms with E-state index in [1.165, 1.54) is 5.56 Å². The summed E-state index contributed by atoms with van der Waals surface area (Å²) in [6.45, 7) is 4.07. The van der Waals surface area contributed by atoms with Crippen LogP contribution in [-0.4, -0.2) is 31.6 Å². The first-order valence-corrected chi connectivity index (χ1v) is 7.60. The second-order valence-electron chi connectivity index (χ2n) is 5.56. The quantitative estimate of drug-likeness (QED) is 0.818. The first-order valence-electron chi connectivity index (χ1n) is 7.60. The van der Waals surface area contributed by atoms with Crippen molar-refractivity contribution >= 4 is 5.91 Å². The summed E-state index contributed by atoms with van der Waals surface area (Å²) in [6.07, 6.45) is 0. The van der Waals surface area contributed by atoms with E-state index < -0.39 is 0 Å². The van der Waals surface area contributed by atoms with Crippen molar-refractivity contribution in [2.45, 2.75) is 19.9 Å². The summed E-state index contributed by atoms with van der Waals surface area (Å²) >= 11 is 0. The molecule has 2 aromatic carbocycles. The molecule has 0 bridgehead atoms. The number of likely N-dealkylation sites (N-methyl/N-ethyl adjacent to an activating group) is 1. The van der Waals surface area contributed by atoms with Crippen molar-refractivity contribution in [3.8, 4) is 11.5 Å². The van der Waals surface area contributed by atoms with Crippen LogP contribution in [0.15, 0.2) is 48.5 Å². The van der Waals surface area contributed by atoms with Crippen molar-refractivity contribution in [2.24, 2.45) is 0 Å². The lowest BCUT2D eigenvalue weighted by Crippen LogP contribution is -2.33. The van der Waals surface area contributed by atoms with Gasteiger partial charge in [0.1, 0.15) is 11.5 Å². The number of benzene rings is 2. The maximum absolute atomic E-state index is 12.3. The minimum absolute atomic E-state index is 0.00238. The molecule has 1 atom stereocenters. The van der Waals surface area contributed by atoms with Crippen LogP contribution in [-0.2, 0) is 4.79 Å². The van der Waals surface area contributed by atoms with Crippen LogP contribution in [0.3, 0.4) is 0 Å². The Morgan fingerprint density at radius 2 is 1.61 bits per heavy atom. The molecule has 23 heavy (non-hydrogen) atoms. The van der Waals surface area contributed by atoms with Crippen molar-refractivity contribution < 1.29 is 14.3 Å². The molecule has 0 N–H and O–H groups in total. The Morgan fingerprint density at radius 1 is 1.04 bits per heavy atom.